The van der Waals surface area contributed by atoms with Gasteiger partial charge in [0.05, 0.1) is 18.6 Å². The van der Waals surface area contributed by atoms with E-state index in [1.54, 1.807) is 0 Å². The van der Waals surface area contributed by atoms with Gasteiger partial charge in [0, 0.05) is 6.54 Å². The number of ether oxygens (including phenoxy) is 1. The predicted octanol–water partition coefficient (Wildman–Crippen LogP) is 2.74. The van der Waals surface area contributed by atoms with Gasteiger partial charge < -0.3 is 15.8 Å². The van der Waals surface area contributed by atoms with Crippen LogP contribution in [0.2, 0.25) is 0 Å². The van der Waals surface area contributed by atoms with Crippen molar-refractivity contribution in [3.63, 3.8) is 0 Å². The van der Waals surface area contributed by atoms with Crippen LogP contribution in [0.1, 0.15) is 37.3 Å². The molecule has 2 rings (SSSR count). The summed E-state index contributed by atoms with van der Waals surface area (Å²) in [6.45, 7) is 6.95. The molecule has 1 fully saturated rings. The van der Waals surface area contributed by atoms with Crippen LogP contribution >= 0.6 is 12.4 Å². The maximum absolute atomic E-state index is 12.0. The zero-order valence-corrected chi connectivity index (χ0v) is 14.5. The molecule has 1 unspecified atom stereocenters. The highest BCUT2D eigenvalue weighted by atomic mass is 35.5. The average molecular weight is 327 g/mol. The molecule has 124 valence electrons. The van der Waals surface area contributed by atoms with E-state index in [0.29, 0.717) is 25.5 Å². The molecule has 1 saturated carbocycles. The lowest BCUT2D eigenvalue weighted by Gasteiger charge is -2.29. The number of carbonyl (C=O) groups excluding carboxylic acids is 1. The van der Waals surface area contributed by atoms with Crippen molar-refractivity contribution in [2.45, 2.75) is 45.6 Å². The molecule has 1 aromatic rings. The molecule has 0 spiro atoms. The first-order valence-corrected chi connectivity index (χ1v) is 7.66. The Morgan fingerprint density at radius 3 is 2.68 bits per heavy atom. The highest BCUT2D eigenvalue weighted by molar-refractivity contribution is 5.85. The Morgan fingerprint density at radius 1 is 1.41 bits per heavy atom. The fraction of sp³-hybridized carbons (Fsp3) is 0.588. The Hall–Kier alpha value is -1.26. The number of aryl methyl sites for hydroxylation is 2. The first-order chi connectivity index (χ1) is 9.94. The van der Waals surface area contributed by atoms with E-state index in [2.05, 4.69) is 11.4 Å². The summed E-state index contributed by atoms with van der Waals surface area (Å²) in [7, 11) is 0. The molecule has 1 aromatic carbocycles. The first-order valence-electron chi connectivity index (χ1n) is 7.66. The van der Waals surface area contributed by atoms with Crippen LogP contribution in [-0.2, 0) is 4.79 Å². The van der Waals surface area contributed by atoms with Crippen molar-refractivity contribution in [3.05, 3.63) is 29.3 Å². The molecule has 22 heavy (non-hydrogen) atoms. The van der Waals surface area contributed by atoms with E-state index >= 15 is 0 Å². The number of amides is 1. The molecule has 4 nitrogen and oxygen atoms in total. The van der Waals surface area contributed by atoms with Gasteiger partial charge in [0.15, 0.2) is 0 Å². The van der Waals surface area contributed by atoms with Crippen LogP contribution < -0.4 is 15.8 Å². The van der Waals surface area contributed by atoms with Gasteiger partial charge in [0.25, 0.3) is 0 Å². The molecule has 5 heteroatoms. The maximum Gasteiger partial charge on any atom is 0.223 e. The third kappa shape index (κ3) is 4.89. The Balaban J connectivity index is 0.00000242. The Bertz CT molecular complexity index is 517. The highest BCUT2D eigenvalue weighted by Gasteiger charge is 2.41. The highest BCUT2D eigenvalue weighted by Crippen LogP contribution is 2.38. The third-order valence-corrected chi connectivity index (χ3v) is 4.26. The molecule has 1 aliphatic carbocycles. The number of nitrogens with one attached hydrogen (secondary N) is 1. The summed E-state index contributed by atoms with van der Waals surface area (Å²) >= 11 is 0. The van der Waals surface area contributed by atoms with Gasteiger partial charge >= 0.3 is 0 Å². The second-order valence-electron chi connectivity index (χ2n) is 6.31. The molecule has 0 aromatic heterocycles. The quantitative estimate of drug-likeness (QED) is 0.809. The lowest BCUT2D eigenvalue weighted by molar-refractivity contribution is -0.123. The van der Waals surface area contributed by atoms with Crippen molar-refractivity contribution in [2.24, 2.45) is 11.7 Å². The SMILES string of the molecule is Cc1ccc(C)c(OCCC(=O)NC(C)(CN)C2CC2)c1.Cl. The minimum atomic E-state index is -0.254. The molecule has 1 amide bonds. The number of hydrogen-bond acceptors (Lipinski definition) is 3. The van der Waals surface area contributed by atoms with Crippen LogP contribution in [0.4, 0.5) is 0 Å². The lowest BCUT2D eigenvalue weighted by atomic mass is 9.96. The molecule has 0 aliphatic heterocycles. The van der Waals surface area contributed by atoms with E-state index in [-0.39, 0.29) is 23.9 Å². The molecule has 1 atom stereocenters. The zero-order chi connectivity index (χ0) is 15.5. The van der Waals surface area contributed by atoms with E-state index in [0.717, 1.165) is 29.7 Å². The van der Waals surface area contributed by atoms with Crippen LogP contribution in [0.15, 0.2) is 18.2 Å². The van der Waals surface area contributed by atoms with E-state index in [1.807, 2.05) is 32.9 Å². The summed E-state index contributed by atoms with van der Waals surface area (Å²) in [5.74, 6) is 1.40. The number of benzene rings is 1. The molecule has 3 N–H and O–H groups in total. The predicted molar refractivity (Wildman–Crippen MR) is 91.6 cm³/mol. The second kappa shape index (κ2) is 7.84. The van der Waals surface area contributed by atoms with Gasteiger partial charge in [0.2, 0.25) is 5.91 Å². The van der Waals surface area contributed by atoms with Crippen molar-refractivity contribution >= 4 is 18.3 Å². The molecule has 0 saturated heterocycles. The van der Waals surface area contributed by atoms with Gasteiger partial charge in [-0.15, -0.1) is 12.4 Å². The number of nitrogens with two attached hydrogens (primary N) is 1. The monoisotopic (exact) mass is 326 g/mol. The minimum absolute atomic E-state index is 0. The van der Waals surface area contributed by atoms with Gasteiger partial charge in [0.1, 0.15) is 5.75 Å². The van der Waals surface area contributed by atoms with Crippen molar-refractivity contribution in [2.75, 3.05) is 13.2 Å². The molecule has 0 bridgehead atoms. The summed E-state index contributed by atoms with van der Waals surface area (Å²) in [5, 5.41) is 3.07. The largest absolute Gasteiger partial charge is 0.493 e. The summed E-state index contributed by atoms with van der Waals surface area (Å²) in [4.78, 5) is 12.0. The standard InChI is InChI=1S/C17H26N2O2.ClH/c1-12-4-5-13(2)15(10-12)21-9-8-16(20)19-17(3,11-18)14-6-7-14;/h4-5,10,14H,6-9,11,18H2,1-3H3,(H,19,20);1H. The summed E-state index contributed by atoms with van der Waals surface area (Å²) < 4.78 is 5.72. The van der Waals surface area contributed by atoms with E-state index in [9.17, 15) is 4.79 Å². The Labute approximate surface area is 139 Å². The van der Waals surface area contributed by atoms with Gasteiger partial charge in [-0.3, -0.25) is 4.79 Å². The van der Waals surface area contributed by atoms with E-state index in [1.165, 1.54) is 0 Å². The normalized spacial score (nSPS) is 16.4. The van der Waals surface area contributed by atoms with Crippen molar-refractivity contribution < 1.29 is 9.53 Å². The van der Waals surface area contributed by atoms with E-state index < -0.39 is 0 Å². The Morgan fingerprint density at radius 2 is 2.09 bits per heavy atom. The number of hydrogen-bond donors (Lipinski definition) is 2. The van der Waals surface area contributed by atoms with Crippen LogP contribution in [-0.4, -0.2) is 24.6 Å². The minimum Gasteiger partial charge on any atom is -0.493 e. The van der Waals surface area contributed by atoms with Crippen molar-refractivity contribution in [1.29, 1.82) is 0 Å². The topological polar surface area (TPSA) is 64.3 Å². The fourth-order valence-corrected chi connectivity index (χ4v) is 2.54. The molecular weight excluding hydrogens is 300 g/mol. The van der Waals surface area contributed by atoms with Crippen molar-refractivity contribution in [1.82, 2.24) is 5.32 Å². The fourth-order valence-electron chi connectivity index (χ4n) is 2.54. The first kappa shape index (κ1) is 18.8. The van der Waals surface area contributed by atoms with Crippen molar-refractivity contribution in [3.8, 4) is 5.75 Å². The third-order valence-electron chi connectivity index (χ3n) is 4.26. The van der Waals surface area contributed by atoms with Gasteiger partial charge in [-0.1, -0.05) is 12.1 Å². The van der Waals surface area contributed by atoms with Gasteiger partial charge in [-0.25, -0.2) is 0 Å². The smallest absolute Gasteiger partial charge is 0.223 e. The zero-order valence-electron chi connectivity index (χ0n) is 13.6. The number of rotatable bonds is 7. The van der Waals surface area contributed by atoms with Crippen LogP contribution in [0, 0.1) is 19.8 Å². The Kier molecular flexibility index (Phi) is 6.69. The van der Waals surface area contributed by atoms with Crippen LogP contribution in [0.5, 0.6) is 5.75 Å². The summed E-state index contributed by atoms with van der Waals surface area (Å²) in [6.07, 6.45) is 2.68. The molecule has 0 radical (unpaired) electrons. The summed E-state index contributed by atoms with van der Waals surface area (Å²) in [5.41, 5.74) is 7.80. The number of carbonyl (C=O) groups is 1. The lowest BCUT2D eigenvalue weighted by Crippen LogP contribution is -2.53. The van der Waals surface area contributed by atoms with Gasteiger partial charge in [-0.2, -0.15) is 0 Å². The van der Waals surface area contributed by atoms with E-state index in [4.69, 9.17) is 10.5 Å². The van der Waals surface area contributed by atoms with Crippen LogP contribution in [0.25, 0.3) is 0 Å². The summed E-state index contributed by atoms with van der Waals surface area (Å²) in [6, 6.07) is 6.09. The average Bonchev–Trinajstić information content (AvgIpc) is 3.27. The molecular formula is C17H27ClN2O2. The molecule has 0 heterocycles. The molecule has 1 aliphatic rings. The maximum atomic E-state index is 12.0. The van der Waals surface area contributed by atoms with Gasteiger partial charge in [-0.05, 0) is 56.7 Å². The second-order valence-corrected chi connectivity index (χ2v) is 6.31. The number of halogens is 1. The van der Waals surface area contributed by atoms with Crippen LogP contribution in [0.3, 0.4) is 0 Å².